The van der Waals surface area contributed by atoms with Crippen LogP contribution in [0.25, 0.3) is 0 Å². The first-order chi connectivity index (χ1) is 38.5. The van der Waals surface area contributed by atoms with Gasteiger partial charge >= 0.3 is 28.8 Å². The number of hydrogen-bond donors (Lipinski definition) is 7. The van der Waals surface area contributed by atoms with Crippen molar-refractivity contribution in [3.8, 4) is 5.88 Å². The zero-order valence-corrected chi connectivity index (χ0v) is 48.9. The molecule has 2 saturated heterocycles. The summed E-state index contributed by atoms with van der Waals surface area (Å²) in [5.41, 5.74) is -0.907. The Balaban J connectivity index is 0.817. The quantitative estimate of drug-likeness (QED) is 0.0516. The molecule has 5 aliphatic carbocycles. The number of nitrogens with zero attached hydrogens (tertiary/aromatic N) is 2. The Bertz CT molecular complexity index is 2790. The number of rotatable bonds is 17. The van der Waals surface area contributed by atoms with E-state index in [4.69, 9.17) is 33.2 Å². The number of aromatic nitrogens is 2. The maximum absolute atomic E-state index is 15.0. The summed E-state index contributed by atoms with van der Waals surface area (Å²) < 4.78 is 71.3. The Labute approximate surface area is 478 Å². The van der Waals surface area contributed by atoms with Gasteiger partial charge in [-0.15, -0.1) is 0 Å². The fraction of sp³-hybridized carbons (Fsp3) is 0.776. The Morgan fingerprint density at radius 2 is 1.44 bits per heavy atom. The van der Waals surface area contributed by atoms with Crippen molar-refractivity contribution in [3.63, 3.8) is 0 Å². The van der Waals surface area contributed by atoms with E-state index in [2.05, 4.69) is 64.3 Å². The predicted molar refractivity (Wildman–Crippen MR) is 284 cm³/mol. The minimum absolute atomic E-state index is 0.108. The van der Waals surface area contributed by atoms with Gasteiger partial charge in [-0.2, -0.15) is 0 Å². The molecule has 458 valence electrons. The molecule has 0 spiro atoms. The van der Waals surface area contributed by atoms with E-state index in [1.54, 1.807) is 13.0 Å². The van der Waals surface area contributed by atoms with E-state index in [1.807, 2.05) is 0 Å². The number of aliphatic hydroxyl groups is 7. The molecule has 24 heteroatoms. The molecule has 9 rings (SSSR count). The topological polar surface area (TPSA) is 345 Å². The van der Waals surface area contributed by atoms with Gasteiger partial charge in [0.05, 0.1) is 48.1 Å². The standard InChI is InChI=1S/C58H84N2O21S/c1-31(20-27-74-48-49(60(71)81-59-48)82(72,73)32-12-10-9-11-13-32)75-40(63)16-17-41(64)78-39-19-21-55(6)37(54(39,4)5)18-22-57(8)38(55)15-14-33-34-28-53(2,3)23-25-58(34,26-24-56(33,57)7)52(70)80-51-46(69)44(67)47(36(30-62)77-51)79-50-45(68)43(66)42(65)35(29-61)76-50/h9-14,31,34-39,42-47,50-51,61-62,65-69H,15-30H2,1-8H3/t31?,34-,35+,36+,37-,38+,39-,42+,43-,44+,45+,46+,47+,50+,51-,55-,56+,57+,58-/m0/s1. The maximum Gasteiger partial charge on any atom is 0.414 e. The summed E-state index contributed by atoms with van der Waals surface area (Å²) in [4.78, 5) is 41.1. The van der Waals surface area contributed by atoms with Crippen LogP contribution in [0.15, 0.2) is 56.5 Å². The molecular weight excluding hydrogens is 1090 g/mol. The van der Waals surface area contributed by atoms with Gasteiger partial charge in [0, 0.05) is 11.8 Å². The van der Waals surface area contributed by atoms with Gasteiger partial charge in [-0.1, -0.05) is 78.3 Å². The number of ether oxygens (including phenoxy) is 7. The van der Waals surface area contributed by atoms with Crippen LogP contribution in [0.5, 0.6) is 5.88 Å². The molecule has 82 heavy (non-hydrogen) atoms. The Morgan fingerprint density at radius 3 is 2.13 bits per heavy atom. The fourth-order valence-electron chi connectivity index (χ4n) is 16.0. The lowest BCUT2D eigenvalue weighted by Gasteiger charge is -2.71. The highest BCUT2D eigenvalue weighted by atomic mass is 32.2. The summed E-state index contributed by atoms with van der Waals surface area (Å²) in [5, 5.41) is 89.2. The zero-order chi connectivity index (χ0) is 59.7. The Morgan fingerprint density at radius 1 is 0.780 bits per heavy atom. The lowest BCUT2D eigenvalue weighted by atomic mass is 9.33. The third kappa shape index (κ3) is 10.9. The molecule has 2 aromatic rings. The number of carbonyl (C=O) groups excluding carboxylic acids is 3. The minimum atomic E-state index is -4.32. The third-order valence-electron chi connectivity index (χ3n) is 20.9. The number of aliphatic hydroxyl groups excluding tert-OH is 7. The molecule has 2 aliphatic heterocycles. The van der Waals surface area contributed by atoms with Crippen molar-refractivity contribution in [1.29, 1.82) is 0 Å². The number of carbonyl (C=O) groups is 3. The third-order valence-corrected chi connectivity index (χ3v) is 22.6. The van der Waals surface area contributed by atoms with Gasteiger partial charge in [-0.25, -0.2) is 8.42 Å². The second kappa shape index (κ2) is 23.2. The molecule has 1 aromatic heterocycles. The number of hydrogen-bond acceptors (Lipinski definition) is 22. The molecule has 0 radical (unpaired) electrons. The molecule has 4 saturated carbocycles. The summed E-state index contributed by atoms with van der Waals surface area (Å²) in [7, 11) is -4.32. The van der Waals surface area contributed by atoms with Gasteiger partial charge in [0.15, 0.2) is 6.29 Å². The summed E-state index contributed by atoms with van der Waals surface area (Å²) in [6, 6.07) is 7.28. The monoisotopic (exact) mass is 1180 g/mol. The second-order valence-corrected chi connectivity index (χ2v) is 28.3. The predicted octanol–water partition coefficient (Wildman–Crippen LogP) is 3.50. The van der Waals surface area contributed by atoms with Crippen LogP contribution < -0.4 is 9.64 Å². The number of benzene rings is 1. The van der Waals surface area contributed by atoms with Crippen LogP contribution in [0, 0.1) is 55.5 Å². The second-order valence-electron chi connectivity index (χ2n) is 26.4. The van der Waals surface area contributed by atoms with E-state index in [0.717, 1.165) is 32.1 Å². The van der Waals surface area contributed by atoms with Crippen LogP contribution in [0.4, 0.5) is 0 Å². The Kier molecular flexibility index (Phi) is 17.6. The molecule has 7 N–H and O–H groups in total. The van der Waals surface area contributed by atoms with Crippen molar-refractivity contribution in [2.75, 3.05) is 19.8 Å². The zero-order valence-electron chi connectivity index (χ0n) is 48.1. The van der Waals surface area contributed by atoms with Gasteiger partial charge in [-0.3, -0.25) is 19.0 Å². The van der Waals surface area contributed by atoms with Gasteiger partial charge in [0.25, 0.3) is 9.84 Å². The summed E-state index contributed by atoms with van der Waals surface area (Å²) in [5.74, 6) is -2.00. The lowest BCUT2D eigenvalue weighted by Crippen LogP contribution is -2.66. The van der Waals surface area contributed by atoms with E-state index >= 15 is 4.79 Å². The van der Waals surface area contributed by atoms with Gasteiger partial charge in [0.1, 0.15) is 61.0 Å². The number of sulfone groups is 1. The first kappa shape index (κ1) is 62.2. The minimum Gasteiger partial charge on any atom is -0.463 e. The number of allylic oxidation sites excluding steroid dienone is 2. The van der Waals surface area contributed by atoms with Crippen LogP contribution in [-0.4, -0.2) is 161 Å². The van der Waals surface area contributed by atoms with Crippen molar-refractivity contribution in [3.05, 3.63) is 47.2 Å². The van der Waals surface area contributed by atoms with E-state index < -0.39 is 136 Å². The fourth-order valence-corrected chi connectivity index (χ4v) is 17.3. The largest absolute Gasteiger partial charge is 0.463 e. The Hall–Kier alpha value is -4.34. The molecular formula is C58H84N2O21S. The van der Waals surface area contributed by atoms with Crippen LogP contribution >= 0.6 is 0 Å². The average Bonchev–Trinajstić information content (AvgIpc) is 2.17. The molecule has 7 aliphatic rings. The van der Waals surface area contributed by atoms with E-state index in [1.165, 1.54) is 29.8 Å². The molecule has 19 atom stereocenters. The summed E-state index contributed by atoms with van der Waals surface area (Å²) in [6.07, 6.45) is -8.52. The first-order valence-corrected chi connectivity index (χ1v) is 30.4. The molecule has 0 bridgehead atoms. The van der Waals surface area contributed by atoms with Gasteiger partial charge in [-0.05, 0) is 128 Å². The van der Waals surface area contributed by atoms with Crippen molar-refractivity contribution < 1.29 is 101 Å². The van der Waals surface area contributed by atoms with E-state index in [-0.39, 0.29) is 75.1 Å². The van der Waals surface area contributed by atoms with Gasteiger partial charge < -0.3 is 74.1 Å². The van der Waals surface area contributed by atoms with Crippen molar-refractivity contribution >= 4 is 27.7 Å². The first-order valence-electron chi connectivity index (χ1n) is 28.9. The SMILES string of the molecule is CC(CCOc1no[n+]([O-])c1S(=O)(=O)c1ccccc1)OC(=O)CCC(=O)O[C@H]1CC[C@]2(C)[C@H]3CC=C4[C@@H]5CC(C)(C)CC[C@]5(C(=O)O[C@@H]5O[C@H](CO)[C@@H](O[C@H]6O[C@H](CO)[C@@H](O)[C@H](O)[C@H]6O)[C@H](O)[C@H]5O)CC[C@@]4(C)[C@]3(C)CC[C@H]2C1(C)C. The highest BCUT2D eigenvalue weighted by molar-refractivity contribution is 7.91. The van der Waals surface area contributed by atoms with Crippen LogP contribution in [0.1, 0.15) is 139 Å². The normalized spacial score (nSPS) is 39.9. The van der Waals surface area contributed by atoms with Crippen LogP contribution in [-0.2, 0) is 52.6 Å². The van der Waals surface area contributed by atoms with Crippen molar-refractivity contribution in [1.82, 2.24) is 5.16 Å². The lowest BCUT2D eigenvalue weighted by molar-refractivity contribution is -0.832. The molecule has 1 unspecified atom stereocenters. The summed E-state index contributed by atoms with van der Waals surface area (Å²) in [6.45, 7) is 15.9. The molecule has 0 amide bonds. The van der Waals surface area contributed by atoms with Gasteiger partial charge in [0.2, 0.25) is 6.29 Å². The highest BCUT2D eigenvalue weighted by Crippen LogP contribution is 2.76. The van der Waals surface area contributed by atoms with Crippen molar-refractivity contribution in [2.45, 2.75) is 222 Å². The molecule has 23 nitrogen and oxygen atoms in total. The van der Waals surface area contributed by atoms with E-state index in [9.17, 15) is 59.0 Å². The summed E-state index contributed by atoms with van der Waals surface area (Å²) >= 11 is 0. The smallest absolute Gasteiger partial charge is 0.414 e. The molecule has 6 fully saturated rings. The van der Waals surface area contributed by atoms with Crippen LogP contribution in [0.3, 0.4) is 0 Å². The van der Waals surface area contributed by atoms with Crippen molar-refractivity contribution in [2.24, 2.45) is 50.2 Å². The average molecular weight is 1180 g/mol. The highest BCUT2D eigenvalue weighted by Gasteiger charge is 2.70. The molecule has 1 aromatic carbocycles. The maximum atomic E-state index is 15.0. The number of fused-ring (bicyclic) bond motifs is 7. The number of esters is 3. The molecule has 3 heterocycles. The van der Waals surface area contributed by atoms with Crippen LogP contribution in [0.2, 0.25) is 0 Å². The van der Waals surface area contributed by atoms with E-state index in [0.29, 0.717) is 32.1 Å².